The fraction of sp³-hybridized carbons (Fsp3) is 0. The smallest absolute Gasteiger partial charge is 0.268 e. The number of phenols is 1. The number of pyridine rings is 1. The van der Waals surface area contributed by atoms with Crippen molar-refractivity contribution in [1.29, 1.82) is 0 Å². The molecule has 0 aliphatic rings. The number of halogens is 3. The second-order valence-corrected chi connectivity index (χ2v) is 5.42. The molecule has 0 spiro atoms. The largest absolute Gasteiger partial charge is 0.504 e. The van der Waals surface area contributed by atoms with Gasteiger partial charge < -0.3 is 5.11 Å². The zero-order valence-corrected chi connectivity index (χ0v) is 12.5. The summed E-state index contributed by atoms with van der Waals surface area (Å²) in [7, 11) is 0. The van der Waals surface area contributed by atoms with E-state index < -0.39 is 5.56 Å². The van der Waals surface area contributed by atoms with Gasteiger partial charge in [0.05, 0.1) is 20.5 Å². The third-order valence-electron chi connectivity index (χ3n) is 2.87. The van der Waals surface area contributed by atoms with Crippen molar-refractivity contribution < 1.29 is 5.11 Å². The quantitative estimate of drug-likeness (QED) is 0.735. The van der Waals surface area contributed by atoms with E-state index in [9.17, 15) is 9.90 Å². The molecule has 8 heteroatoms. The maximum absolute atomic E-state index is 12.5. The molecular formula is C13H6Cl3N3O2. The van der Waals surface area contributed by atoms with Gasteiger partial charge in [-0.05, 0) is 18.2 Å². The molecule has 2 aromatic heterocycles. The molecule has 1 aromatic carbocycles. The molecule has 3 rings (SSSR count). The first-order valence-electron chi connectivity index (χ1n) is 5.69. The van der Waals surface area contributed by atoms with E-state index in [1.165, 1.54) is 23.2 Å². The van der Waals surface area contributed by atoms with Crippen LogP contribution in [0.2, 0.25) is 15.1 Å². The SMILES string of the molecule is O=c1c2c(Cl)cc(Cl)c(O)c2ncn1-c1ccc(Cl)cn1. The number of nitrogens with zero attached hydrogens (tertiary/aromatic N) is 3. The lowest BCUT2D eigenvalue weighted by atomic mass is 10.2. The van der Waals surface area contributed by atoms with Crippen LogP contribution in [0.25, 0.3) is 16.7 Å². The van der Waals surface area contributed by atoms with Crippen molar-refractivity contribution in [1.82, 2.24) is 14.5 Å². The van der Waals surface area contributed by atoms with E-state index in [-0.39, 0.29) is 26.7 Å². The number of aromatic nitrogens is 3. The van der Waals surface area contributed by atoms with Crippen LogP contribution in [0.5, 0.6) is 5.75 Å². The van der Waals surface area contributed by atoms with E-state index in [4.69, 9.17) is 34.8 Å². The van der Waals surface area contributed by atoms with Crippen molar-refractivity contribution in [2.75, 3.05) is 0 Å². The summed E-state index contributed by atoms with van der Waals surface area (Å²) in [5.74, 6) is 0.0497. The molecule has 106 valence electrons. The van der Waals surface area contributed by atoms with Gasteiger partial charge in [-0.15, -0.1) is 0 Å². The number of benzene rings is 1. The molecule has 0 fully saturated rings. The Kier molecular flexibility index (Phi) is 3.49. The molecule has 0 amide bonds. The fourth-order valence-electron chi connectivity index (χ4n) is 1.89. The highest BCUT2D eigenvalue weighted by Crippen LogP contribution is 2.34. The van der Waals surface area contributed by atoms with E-state index in [0.29, 0.717) is 10.8 Å². The molecule has 0 atom stereocenters. The van der Waals surface area contributed by atoms with Gasteiger partial charge in [-0.1, -0.05) is 34.8 Å². The first kappa shape index (κ1) is 14.1. The van der Waals surface area contributed by atoms with Crippen LogP contribution in [-0.4, -0.2) is 19.6 Å². The van der Waals surface area contributed by atoms with Gasteiger partial charge in [-0.2, -0.15) is 0 Å². The van der Waals surface area contributed by atoms with Crippen LogP contribution in [0.15, 0.2) is 35.5 Å². The van der Waals surface area contributed by atoms with Crippen LogP contribution in [0.4, 0.5) is 0 Å². The van der Waals surface area contributed by atoms with E-state index in [1.54, 1.807) is 12.1 Å². The molecule has 0 saturated heterocycles. The lowest BCUT2D eigenvalue weighted by Gasteiger charge is -2.08. The fourth-order valence-corrected chi connectivity index (χ4v) is 2.53. The van der Waals surface area contributed by atoms with Crippen LogP contribution in [-0.2, 0) is 0 Å². The van der Waals surface area contributed by atoms with E-state index in [2.05, 4.69) is 9.97 Å². The van der Waals surface area contributed by atoms with Gasteiger partial charge in [-0.25, -0.2) is 9.97 Å². The van der Waals surface area contributed by atoms with Crippen LogP contribution < -0.4 is 5.56 Å². The van der Waals surface area contributed by atoms with Crippen LogP contribution >= 0.6 is 34.8 Å². The Bertz CT molecular complexity index is 907. The highest BCUT2D eigenvalue weighted by atomic mass is 35.5. The zero-order valence-electron chi connectivity index (χ0n) is 10.2. The molecule has 0 saturated carbocycles. The molecule has 3 aromatic rings. The van der Waals surface area contributed by atoms with E-state index >= 15 is 0 Å². The molecular weight excluding hydrogens is 337 g/mol. The van der Waals surface area contributed by atoms with Crippen molar-refractivity contribution in [3.63, 3.8) is 0 Å². The van der Waals surface area contributed by atoms with Gasteiger partial charge in [0.15, 0.2) is 5.75 Å². The van der Waals surface area contributed by atoms with Gasteiger partial charge in [-0.3, -0.25) is 9.36 Å². The van der Waals surface area contributed by atoms with Gasteiger partial charge in [0.1, 0.15) is 17.7 Å². The minimum atomic E-state index is -0.466. The standard InChI is InChI=1S/C13H6Cl3N3O2/c14-6-1-2-9(17-4-6)19-5-18-11-10(13(19)21)7(15)3-8(16)12(11)20/h1-5,20H. The van der Waals surface area contributed by atoms with Crippen molar-refractivity contribution in [3.8, 4) is 11.6 Å². The summed E-state index contributed by atoms with van der Waals surface area (Å²) in [5, 5.41) is 10.5. The maximum Gasteiger partial charge on any atom is 0.268 e. The van der Waals surface area contributed by atoms with Crippen molar-refractivity contribution in [2.45, 2.75) is 0 Å². The van der Waals surface area contributed by atoms with Gasteiger partial charge in [0.2, 0.25) is 0 Å². The molecule has 2 heterocycles. The lowest BCUT2D eigenvalue weighted by Crippen LogP contribution is -2.20. The number of rotatable bonds is 1. The van der Waals surface area contributed by atoms with Crippen molar-refractivity contribution in [3.05, 3.63) is 56.1 Å². The normalized spacial score (nSPS) is 11.0. The summed E-state index contributed by atoms with van der Waals surface area (Å²) < 4.78 is 1.21. The number of fused-ring (bicyclic) bond motifs is 1. The van der Waals surface area contributed by atoms with Crippen LogP contribution in [0.1, 0.15) is 0 Å². The second-order valence-electron chi connectivity index (χ2n) is 4.17. The Hall–Kier alpha value is -1.82. The van der Waals surface area contributed by atoms with E-state index in [1.807, 2.05) is 0 Å². The Balaban J connectivity index is 2.36. The zero-order chi connectivity index (χ0) is 15.1. The molecule has 5 nitrogen and oxygen atoms in total. The summed E-state index contributed by atoms with van der Waals surface area (Å²) in [5.41, 5.74) is -0.422. The van der Waals surface area contributed by atoms with Gasteiger partial charge in [0, 0.05) is 6.20 Å². The molecule has 0 unspecified atom stereocenters. The third kappa shape index (κ3) is 2.33. The van der Waals surface area contributed by atoms with Crippen molar-refractivity contribution in [2.24, 2.45) is 0 Å². The van der Waals surface area contributed by atoms with Crippen LogP contribution in [0.3, 0.4) is 0 Å². The number of hydrogen-bond acceptors (Lipinski definition) is 4. The highest BCUT2D eigenvalue weighted by Gasteiger charge is 2.16. The third-order valence-corrected chi connectivity index (χ3v) is 3.68. The summed E-state index contributed by atoms with van der Waals surface area (Å²) in [6.07, 6.45) is 2.65. The highest BCUT2D eigenvalue weighted by molar-refractivity contribution is 6.39. The molecule has 0 bridgehead atoms. The minimum absolute atomic E-state index is 0.0294. The lowest BCUT2D eigenvalue weighted by molar-refractivity contribution is 0.480. The number of hydrogen-bond donors (Lipinski definition) is 1. The first-order chi connectivity index (χ1) is 9.99. The molecule has 21 heavy (non-hydrogen) atoms. The van der Waals surface area contributed by atoms with Crippen LogP contribution in [0, 0.1) is 0 Å². The Morgan fingerprint density at radius 2 is 1.86 bits per heavy atom. The average Bonchev–Trinajstić information content (AvgIpc) is 2.45. The predicted octanol–water partition coefficient (Wildman–Crippen LogP) is 3.45. The summed E-state index contributed by atoms with van der Waals surface area (Å²) in [6, 6.07) is 4.46. The number of aromatic hydroxyl groups is 1. The second kappa shape index (κ2) is 5.18. The number of phenolic OH excluding ortho intramolecular Hbond substituents is 1. The topological polar surface area (TPSA) is 68.0 Å². The Labute approximate surface area is 133 Å². The minimum Gasteiger partial charge on any atom is -0.504 e. The molecule has 0 aliphatic carbocycles. The molecule has 0 radical (unpaired) electrons. The monoisotopic (exact) mass is 341 g/mol. The van der Waals surface area contributed by atoms with E-state index in [0.717, 1.165) is 0 Å². The first-order valence-corrected chi connectivity index (χ1v) is 6.82. The average molecular weight is 343 g/mol. The Morgan fingerprint density at radius 3 is 2.52 bits per heavy atom. The molecule has 0 aliphatic heterocycles. The van der Waals surface area contributed by atoms with Gasteiger partial charge >= 0.3 is 0 Å². The summed E-state index contributed by atoms with van der Waals surface area (Å²) in [4.78, 5) is 20.6. The van der Waals surface area contributed by atoms with Gasteiger partial charge in [0.25, 0.3) is 5.56 Å². The molecule has 1 N–H and O–H groups in total. The van der Waals surface area contributed by atoms with Crippen molar-refractivity contribution >= 4 is 45.7 Å². The Morgan fingerprint density at radius 1 is 1.10 bits per heavy atom. The summed E-state index contributed by atoms with van der Waals surface area (Å²) >= 11 is 17.6. The summed E-state index contributed by atoms with van der Waals surface area (Å²) in [6.45, 7) is 0. The predicted molar refractivity (Wildman–Crippen MR) is 81.8 cm³/mol. The maximum atomic E-state index is 12.5.